The maximum atomic E-state index is 13.3. The average Bonchev–Trinajstić information content (AvgIpc) is 3.10. The van der Waals surface area contributed by atoms with Crippen molar-refractivity contribution in [3.8, 4) is 23.0 Å². The van der Waals surface area contributed by atoms with Crippen LogP contribution in [0.25, 0.3) is 22.5 Å². The van der Waals surface area contributed by atoms with Crippen molar-refractivity contribution in [2.75, 3.05) is 0 Å². The molecule has 0 amide bonds. The van der Waals surface area contributed by atoms with Crippen LogP contribution in [-0.4, -0.2) is 5.11 Å². The fourth-order valence-corrected chi connectivity index (χ4v) is 2.98. The number of benzene rings is 2. The molecule has 2 aromatic carbocycles. The number of hydrogen-bond donors (Lipinski definition) is 1. The second-order valence-electron chi connectivity index (χ2n) is 6.55. The molecule has 0 saturated carbocycles. The minimum atomic E-state index is -0.613. The normalized spacial score (nSPS) is 11.1. The van der Waals surface area contributed by atoms with E-state index in [4.69, 9.17) is 13.6 Å². The van der Waals surface area contributed by atoms with Gasteiger partial charge in [-0.1, -0.05) is 12.1 Å². The van der Waals surface area contributed by atoms with Gasteiger partial charge in [0, 0.05) is 10.9 Å². The Balaban J connectivity index is 1.65. The van der Waals surface area contributed by atoms with E-state index in [1.807, 2.05) is 0 Å². The highest BCUT2D eigenvalue weighted by Crippen LogP contribution is 2.34. The van der Waals surface area contributed by atoms with Crippen LogP contribution in [0.3, 0.4) is 0 Å². The zero-order chi connectivity index (χ0) is 19.8. The van der Waals surface area contributed by atoms with Crippen LogP contribution >= 0.6 is 0 Å². The summed E-state index contributed by atoms with van der Waals surface area (Å²) in [5.74, 6) is 0.697. The molecule has 4 rings (SSSR count). The molecule has 2 aromatic heterocycles. The molecule has 2 heterocycles. The third-order valence-electron chi connectivity index (χ3n) is 4.56. The molecule has 0 aliphatic carbocycles. The molecule has 142 valence electrons. The molecular weight excluding hydrogens is 363 g/mol. The van der Waals surface area contributed by atoms with Crippen LogP contribution in [0.2, 0.25) is 0 Å². The van der Waals surface area contributed by atoms with Gasteiger partial charge >= 0.3 is 5.63 Å². The van der Waals surface area contributed by atoms with E-state index in [1.54, 1.807) is 43.3 Å². The molecule has 1 N–H and O–H groups in total. The van der Waals surface area contributed by atoms with Gasteiger partial charge in [0.2, 0.25) is 0 Å². The summed E-state index contributed by atoms with van der Waals surface area (Å²) in [5, 5.41) is 10.8. The van der Waals surface area contributed by atoms with Crippen molar-refractivity contribution in [1.29, 1.82) is 0 Å². The van der Waals surface area contributed by atoms with Crippen LogP contribution in [0.15, 0.2) is 62.2 Å². The first kappa shape index (κ1) is 17.9. The first-order valence-electron chi connectivity index (χ1n) is 8.67. The number of fused-ring (bicyclic) bond motifs is 1. The first-order chi connectivity index (χ1) is 13.4. The summed E-state index contributed by atoms with van der Waals surface area (Å²) < 4.78 is 30.1. The molecule has 4 aromatic rings. The van der Waals surface area contributed by atoms with Crippen molar-refractivity contribution >= 4 is 11.0 Å². The van der Waals surface area contributed by atoms with E-state index >= 15 is 0 Å². The highest BCUT2D eigenvalue weighted by atomic mass is 19.1. The lowest BCUT2D eigenvalue weighted by Gasteiger charge is -2.06. The van der Waals surface area contributed by atoms with Crippen LogP contribution in [-0.2, 0) is 6.61 Å². The van der Waals surface area contributed by atoms with Crippen molar-refractivity contribution < 1.29 is 23.1 Å². The molecule has 6 heteroatoms. The number of hydrogen-bond acceptors (Lipinski definition) is 5. The maximum absolute atomic E-state index is 13.3. The van der Waals surface area contributed by atoms with Crippen molar-refractivity contribution in [2.45, 2.75) is 20.5 Å². The van der Waals surface area contributed by atoms with E-state index in [-0.39, 0.29) is 29.5 Å². The molecule has 0 saturated heterocycles. The maximum Gasteiger partial charge on any atom is 0.343 e. The largest absolute Gasteiger partial charge is 0.507 e. The van der Waals surface area contributed by atoms with Crippen LogP contribution in [0, 0.1) is 19.7 Å². The average molecular weight is 380 g/mol. The second kappa shape index (κ2) is 6.88. The van der Waals surface area contributed by atoms with Gasteiger partial charge in [0.15, 0.2) is 11.5 Å². The van der Waals surface area contributed by atoms with Gasteiger partial charge in [0.25, 0.3) is 0 Å². The van der Waals surface area contributed by atoms with E-state index in [2.05, 4.69) is 0 Å². The Labute approximate surface area is 159 Å². The Hall–Kier alpha value is -3.54. The van der Waals surface area contributed by atoms with Crippen LogP contribution < -0.4 is 10.4 Å². The predicted octanol–water partition coefficient (Wildman–Crippen LogP) is 5.09. The highest BCUT2D eigenvalue weighted by Gasteiger charge is 2.18. The molecule has 0 aliphatic rings. The number of halogens is 1. The third kappa shape index (κ3) is 3.24. The van der Waals surface area contributed by atoms with Crippen LogP contribution in [0.5, 0.6) is 11.5 Å². The van der Waals surface area contributed by atoms with Crippen molar-refractivity contribution in [1.82, 2.24) is 0 Å². The zero-order valence-electron chi connectivity index (χ0n) is 15.3. The molecule has 0 bridgehead atoms. The number of rotatable bonds is 4. The van der Waals surface area contributed by atoms with Gasteiger partial charge < -0.3 is 18.7 Å². The molecule has 5 nitrogen and oxygen atoms in total. The number of aromatic hydroxyl groups is 1. The summed E-state index contributed by atoms with van der Waals surface area (Å²) in [5.41, 5.74) is 1.28. The molecule has 0 fully saturated rings. The van der Waals surface area contributed by atoms with E-state index in [9.17, 15) is 14.3 Å². The molecule has 28 heavy (non-hydrogen) atoms. The Morgan fingerprint density at radius 1 is 1.04 bits per heavy atom. The Morgan fingerprint density at radius 3 is 2.64 bits per heavy atom. The summed E-state index contributed by atoms with van der Waals surface area (Å²) in [7, 11) is 0. The van der Waals surface area contributed by atoms with Gasteiger partial charge in [0.05, 0.1) is 5.56 Å². The summed E-state index contributed by atoms with van der Waals surface area (Å²) >= 11 is 0. The lowest BCUT2D eigenvalue weighted by atomic mass is 10.1. The molecule has 0 atom stereocenters. The van der Waals surface area contributed by atoms with Gasteiger partial charge in [-0.2, -0.15) is 0 Å². The summed E-state index contributed by atoms with van der Waals surface area (Å²) in [4.78, 5) is 11.9. The molecule has 0 spiro atoms. The molecule has 0 radical (unpaired) electrons. The minimum Gasteiger partial charge on any atom is -0.507 e. The predicted molar refractivity (Wildman–Crippen MR) is 102 cm³/mol. The lowest BCUT2D eigenvalue weighted by Crippen LogP contribution is -2.05. The molecular formula is C22H17FO5. The Bertz CT molecular complexity index is 1240. The topological polar surface area (TPSA) is 72.8 Å². The smallest absolute Gasteiger partial charge is 0.343 e. The van der Waals surface area contributed by atoms with E-state index in [0.29, 0.717) is 22.7 Å². The van der Waals surface area contributed by atoms with Gasteiger partial charge in [-0.05, 0) is 55.8 Å². The SMILES string of the molecule is Cc1c(-c2cc3cc(OCc4cccc(F)c4)ccc3o2)oc(=O)c(C)c1O. The molecule has 0 aliphatic heterocycles. The van der Waals surface area contributed by atoms with Crippen molar-refractivity contribution in [2.24, 2.45) is 0 Å². The fraction of sp³-hybridized carbons (Fsp3) is 0.136. The van der Waals surface area contributed by atoms with E-state index < -0.39 is 5.63 Å². The van der Waals surface area contributed by atoms with Gasteiger partial charge in [-0.15, -0.1) is 0 Å². The third-order valence-corrected chi connectivity index (χ3v) is 4.56. The fourth-order valence-electron chi connectivity index (χ4n) is 2.98. The van der Waals surface area contributed by atoms with Crippen molar-refractivity contribution in [3.63, 3.8) is 0 Å². The monoisotopic (exact) mass is 380 g/mol. The molecule has 0 unspecified atom stereocenters. The van der Waals surface area contributed by atoms with Crippen LogP contribution in [0.4, 0.5) is 4.39 Å². The van der Waals surface area contributed by atoms with Crippen LogP contribution in [0.1, 0.15) is 16.7 Å². The Kier molecular flexibility index (Phi) is 4.39. The number of ether oxygens (including phenoxy) is 1. The summed E-state index contributed by atoms with van der Waals surface area (Å²) in [6.07, 6.45) is 0. The van der Waals surface area contributed by atoms with E-state index in [1.165, 1.54) is 19.1 Å². The lowest BCUT2D eigenvalue weighted by molar-refractivity contribution is 0.306. The van der Waals surface area contributed by atoms with Gasteiger partial charge in [-0.3, -0.25) is 0 Å². The van der Waals surface area contributed by atoms with Crippen molar-refractivity contribution in [3.05, 3.63) is 81.5 Å². The summed E-state index contributed by atoms with van der Waals surface area (Å²) in [6, 6.07) is 13.2. The first-order valence-corrected chi connectivity index (χ1v) is 8.67. The van der Waals surface area contributed by atoms with Gasteiger partial charge in [-0.25, -0.2) is 9.18 Å². The Morgan fingerprint density at radius 2 is 1.86 bits per heavy atom. The summed E-state index contributed by atoms with van der Waals surface area (Å²) in [6.45, 7) is 3.38. The van der Waals surface area contributed by atoms with Gasteiger partial charge in [0.1, 0.15) is 29.5 Å². The standard InChI is InChI=1S/C22H17FO5/c1-12-20(24)13(2)22(25)28-21(12)19-10-15-9-17(6-7-18(15)27-19)26-11-14-4-3-5-16(23)8-14/h3-10,24H,11H2,1-2H3. The zero-order valence-corrected chi connectivity index (χ0v) is 15.3. The quantitative estimate of drug-likeness (QED) is 0.534. The van der Waals surface area contributed by atoms with E-state index in [0.717, 1.165) is 10.9 Å². The number of furan rings is 1. The highest BCUT2D eigenvalue weighted by molar-refractivity contribution is 5.84. The minimum absolute atomic E-state index is 0.106. The second-order valence-corrected chi connectivity index (χ2v) is 6.55.